The molecule has 1 aliphatic rings. The Morgan fingerprint density at radius 1 is 1.25 bits per heavy atom. The maximum absolute atomic E-state index is 12.6. The number of hydrogen-bond donors (Lipinski definition) is 3. The van der Waals surface area contributed by atoms with Crippen LogP contribution in [0.4, 0.5) is 0 Å². The van der Waals surface area contributed by atoms with Crippen LogP contribution < -0.4 is 10.5 Å². The van der Waals surface area contributed by atoms with Gasteiger partial charge in [-0.3, -0.25) is 4.79 Å². The quantitative estimate of drug-likeness (QED) is 0.658. The fourth-order valence-corrected chi connectivity index (χ4v) is 4.31. The van der Waals surface area contributed by atoms with Crippen molar-refractivity contribution in [3.8, 4) is 0 Å². The highest BCUT2D eigenvalue weighted by molar-refractivity contribution is 7.89. The van der Waals surface area contributed by atoms with Gasteiger partial charge in [-0.25, -0.2) is 13.6 Å². The number of aliphatic hydroxyl groups excluding tert-OH is 1. The highest BCUT2D eigenvalue weighted by atomic mass is 35.5. The zero-order valence-corrected chi connectivity index (χ0v) is 17.2. The molecule has 0 aromatic heterocycles. The van der Waals surface area contributed by atoms with Crippen molar-refractivity contribution in [1.82, 2.24) is 5.32 Å². The summed E-state index contributed by atoms with van der Waals surface area (Å²) in [6, 6.07) is 12.4. The Hall–Kier alpha value is -1.77. The molecule has 0 amide bonds. The summed E-state index contributed by atoms with van der Waals surface area (Å²) >= 11 is 0. The van der Waals surface area contributed by atoms with Gasteiger partial charge in [-0.15, -0.1) is 12.4 Å². The minimum Gasteiger partial charge on any atom is -0.387 e. The van der Waals surface area contributed by atoms with Crippen molar-refractivity contribution in [3.05, 3.63) is 64.7 Å². The first kappa shape index (κ1) is 22.5. The van der Waals surface area contributed by atoms with Gasteiger partial charge < -0.3 is 10.4 Å². The molecule has 0 saturated heterocycles. The van der Waals surface area contributed by atoms with E-state index in [1.165, 1.54) is 6.07 Å². The minimum atomic E-state index is -3.84. The zero-order chi connectivity index (χ0) is 19.6. The molecule has 4 N–H and O–H groups in total. The van der Waals surface area contributed by atoms with Crippen molar-refractivity contribution in [2.45, 2.75) is 30.8 Å². The number of halogens is 1. The van der Waals surface area contributed by atoms with E-state index in [9.17, 15) is 18.3 Å². The van der Waals surface area contributed by atoms with Gasteiger partial charge in [0.1, 0.15) is 0 Å². The summed E-state index contributed by atoms with van der Waals surface area (Å²) in [7, 11) is -3.84. The van der Waals surface area contributed by atoms with Crippen LogP contribution >= 0.6 is 12.4 Å². The molecule has 0 heterocycles. The van der Waals surface area contributed by atoms with Gasteiger partial charge in [0.25, 0.3) is 0 Å². The Kier molecular flexibility index (Phi) is 7.36. The predicted molar refractivity (Wildman–Crippen MR) is 110 cm³/mol. The molecule has 2 unspecified atom stereocenters. The van der Waals surface area contributed by atoms with Gasteiger partial charge in [0.2, 0.25) is 10.0 Å². The van der Waals surface area contributed by atoms with Crippen molar-refractivity contribution in [3.63, 3.8) is 0 Å². The maximum Gasteiger partial charge on any atom is 0.238 e. The number of nitrogens with two attached hydrogens (primary N) is 1. The van der Waals surface area contributed by atoms with Crippen LogP contribution in [-0.2, 0) is 16.4 Å². The summed E-state index contributed by atoms with van der Waals surface area (Å²) in [5.74, 6) is 0.00999. The summed E-state index contributed by atoms with van der Waals surface area (Å²) in [6.45, 7) is 2.34. The van der Waals surface area contributed by atoms with E-state index in [4.69, 9.17) is 5.14 Å². The summed E-state index contributed by atoms with van der Waals surface area (Å²) in [5.41, 5.74) is 2.88. The van der Waals surface area contributed by atoms with Crippen LogP contribution in [0.5, 0.6) is 0 Å². The van der Waals surface area contributed by atoms with Gasteiger partial charge in [-0.1, -0.05) is 36.4 Å². The van der Waals surface area contributed by atoms with Gasteiger partial charge >= 0.3 is 0 Å². The van der Waals surface area contributed by atoms with Gasteiger partial charge in [0, 0.05) is 24.6 Å². The van der Waals surface area contributed by atoms with Crippen molar-refractivity contribution in [1.29, 1.82) is 0 Å². The molecule has 2 aromatic rings. The zero-order valence-electron chi connectivity index (χ0n) is 15.6. The molecule has 0 aliphatic heterocycles. The van der Waals surface area contributed by atoms with E-state index in [1.807, 2.05) is 24.3 Å². The number of nitrogens with one attached hydrogen (secondary N) is 1. The SMILES string of the molecule is Cc1ccc(C(O)CNCC2CCc3ccccc3C2=O)cc1S(N)(=O)=O.Cl. The summed E-state index contributed by atoms with van der Waals surface area (Å²) in [4.78, 5) is 12.6. The second kappa shape index (κ2) is 9.15. The van der Waals surface area contributed by atoms with Crippen LogP contribution in [0.25, 0.3) is 0 Å². The summed E-state index contributed by atoms with van der Waals surface area (Å²) in [6.07, 6.45) is 0.753. The van der Waals surface area contributed by atoms with Gasteiger partial charge in [-0.2, -0.15) is 0 Å². The van der Waals surface area contributed by atoms with Crippen LogP contribution in [0, 0.1) is 12.8 Å². The fraction of sp³-hybridized carbons (Fsp3) is 0.350. The van der Waals surface area contributed by atoms with E-state index in [2.05, 4.69) is 5.32 Å². The van der Waals surface area contributed by atoms with Gasteiger partial charge in [0.05, 0.1) is 11.0 Å². The van der Waals surface area contributed by atoms with Crippen LogP contribution in [0.2, 0.25) is 0 Å². The molecule has 152 valence electrons. The van der Waals surface area contributed by atoms with Gasteiger partial charge in [-0.05, 0) is 42.5 Å². The monoisotopic (exact) mass is 424 g/mol. The summed E-state index contributed by atoms with van der Waals surface area (Å²) < 4.78 is 23.3. The van der Waals surface area contributed by atoms with Crippen molar-refractivity contribution in [2.75, 3.05) is 13.1 Å². The molecule has 1 aliphatic carbocycles. The molecule has 0 saturated carbocycles. The van der Waals surface area contributed by atoms with Gasteiger partial charge in [0.15, 0.2) is 5.78 Å². The molecule has 28 heavy (non-hydrogen) atoms. The highest BCUT2D eigenvalue weighted by Gasteiger charge is 2.26. The number of sulfonamides is 1. The second-order valence-corrected chi connectivity index (χ2v) is 8.53. The number of fused-ring (bicyclic) bond motifs is 1. The number of Topliss-reactive ketones (excluding diaryl/α,β-unsaturated/α-hetero) is 1. The van der Waals surface area contributed by atoms with Crippen LogP contribution in [0.1, 0.15) is 39.6 Å². The van der Waals surface area contributed by atoms with Crippen molar-refractivity contribution in [2.24, 2.45) is 11.1 Å². The standard InChI is InChI=1S/C20H24N2O4S.ClH/c1-13-6-7-15(10-19(13)27(21,25)26)18(23)12-22-11-16-9-8-14-4-2-3-5-17(14)20(16)24;/h2-7,10,16,18,22-23H,8-9,11-12H2,1H3,(H2,21,25,26);1H. The number of carbonyl (C=O) groups excluding carboxylic acids is 1. The molecule has 0 radical (unpaired) electrons. The average molecular weight is 425 g/mol. The maximum atomic E-state index is 12.6. The molecule has 2 aromatic carbocycles. The Balaban J connectivity index is 0.00000280. The number of aryl methyl sites for hydroxylation is 2. The third-order valence-corrected chi connectivity index (χ3v) is 6.10. The molecule has 0 bridgehead atoms. The molecule has 6 nitrogen and oxygen atoms in total. The van der Waals surface area contributed by atoms with E-state index in [0.29, 0.717) is 17.7 Å². The first-order valence-electron chi connectivity index (χ1n) is 8.91. The lowest BCUT2D eigenvalue weighted by atomic mass is 9.83. The molecule has 2 atom stereocenters. The largest absolute Gasteiger partial charge is 0.387 e. The molecular formula is C20H25ClN2O4S. The molecule has 0 spiro atoms. The molecule has 8 heteroatoms. The average Bonchev–Trinajstić information content (AvgIpc) is 2.63. The number of benzene rings is 2. The molecular weight excluding hydrogens is 400 g/mol. The van der Waals surface area contributed by atoms with Crippen molar-refractivity contribution < 1.29 is 18.3 Å². The third kappa shape index (κ3) is 4.98. The normalized spacial score (nSPS) is 17.5. The lowest BCUT2D eigenvalue weighted by Crippen LogP contribution is -2.34. The Morgan fingerprint density at radius 3 is 2.68 bits per heavy atom. The summed E-state index contributed by atoms with van der Waals surface area (Å²) in [5, 5.41) is 18.7. The third-order valence-electron chi connectivity index (χ3n) is 5.05. The lowest BCUT2D eigenvalue weighted by Gasteiger charge is -2.24. The Bertz CT molecular complexity index is 962. The number of hydrogen-bond acceptors (Lipinski definition) is 5. The van der Waals surface area contributed by atoms with Crippen LogP contribution in [0.3, 0.4) is 0 Å². The van der Waals surface area contributed by atoms with E-state index in [0.717, 1.165) is 24.0 Å². The number of ketones is 1. The first-order valence-corrected chi connectivity index (χ1v) is 10.5. The van der Waals surface area contributed by atoms with E-state index >= 15 is 0 Å². The predicted octanol–water partition coefficient (Wildman–Crippen LogP) is 2.13. The van der Waals surface area contributed by atoms with Crippen molar-refractivity contribution >= 4 is 28.2 Å². The Labute approximate surface area is 171 Å². The highest BCUT2D eigenvalue weighted by Crippen LogP contribution is 2.25. The first-order chi connectivity index (χ1) is 12.8. The molecule has 0 fully saturated rings. The van der Waals surface area contributed by atoms with E-state index in [-0.39, 0.29) is 35.5 Å². The van der Waals surface area contributed by atoms with E-state index in [1.54, 1.807) is 19.1 Å². The lowest BCUT2D eigenvalue weighted by molar-refractivity contribution is 0.0895. The smallest absolute Gasteiger partial charge is 0.238 e. The minimum absolute atomic E-state index is 0. The second-order valence-electron chi connectivity index (χ2n) is 7.00. The van der Waals surface area contributed by atoms with Crippen LogP contribution in [0.15, 0.2) is 47.4 Å². The molecule has 3 rings (SSSR count). The number of carbonyl (C=O) groups is 1. The number of rotatable bonds is 6. The Morgan fingerprint density at radius 2 is 1.96 bits per heavy atom. The topological polar surface area (TPSA) is 109 Å². The fourth-order valence-electron chi connectivity index (χ4n) is 3.50. The van der Waals surface area contributed by atoms with E-state index < -0.39 is 16.1 Å². The van der Waals surface area contributed by atoms with Crippen LogP contribution in [-0.4, -0.2) is 32.4 Å². The number of primary sulfonamides is 1. The number of aliphatic hydroxyl groups is 1.